The average molecular weight is 499 g/mol. The fourth-order valence-corrected chi connectivity index (χ4v) is 3.74. The number of halogens is 3. The van der Waals surface area contributed by atoms with Gasteiger partial charge in [-0.15, -0.1) is 0 Å². The van der Waals surface area contributed by atoms with Crippen LogP contribution in [0.15, 0.2) is 66.9 Å². The number of pyridine rings is 1. The van der Waals surface area contributed by atoms with Gasteiger partial charge in [0.15, 0.2) is 0 Å². The summed E-state index contributed by atoms with van der Waals surface area (Å²) in [5.41, 5.74) is 0.468. The van der Waals surface area contributed by atoms with Gasteiger partial charge < -0.3 is 25.2 Å². The van der Waals surface area contributed by atoms with Gasteiger partial charge in [-0.2, -0.15) is 13.2 Å². The molecule has 0 atom stereocenters. The number of benzene rings is 2. The third-order valence-electron chi connectivity index (χ3n) is 5.70. The Hall–Kier alpha value is -4.28. The molecule has 36 heavy (non-hydrogen) atoms. The van der Waals surface area contributed by atoms with Crippen LogP contribution in [0.2, 0.25) is 0 Å². The highest BCUT2D eigenvalue weighted by atomic mass is 19.4. The number of hydrogen-bond donors (Lipinski definition) is 2. The third kappa shape index (κ3) is 6.04. The molecule has 2 aromatic carbocycles. The van der Waals surface area contributed by atoms with Crippen LogP contribution in [0.5, 0.6) is 5.75 Å². The van der Waals surface area contributed by atoms with Crippen LogP contribution in [-0.2, 0) is 6.18 Å². The summed E-state index contributed by atoms with van der Waals surface area (Å²) in [6, 6.07) is 14.0. The molecule has 0 unspecified atom stereocenters. The second kappa shape index (κ2) is 10.5. The van der Waals surface area contributed by atoms with Crippen molar-refractivity contribution in [2.75, 3.05) is 48.8 Å². The molecule has 0 spiro atoms. The first-order valence-corrected chi connectivity index (χ1v) is 11.1. The van der Waals surface area contributed by atoms with Crippen LogP contribution < -0.4 is 20.3 Å². The molecule has 1 aliphatic rings. The second-order valence-corrected chi connectivity index (χ2v) is 8.07. The van der Waals surface area contributed by atoms with Gasteiger partial charge in [0.1, 0.15) is 11.6 Å². The van der Waals surface area contributed by atoms with Crippen LogP contribution >= 0.6 is 0 Å². The molecule has 1 saturated heterocycles. The number of anilines is 3. The first-order valence-electron chi connectivity index (χ1n) is 11.1. The molecule has 2 N–H and O–H groups in total. The minimum atomic E-state index is -4.44. The third-order valence-corrected chi connectivity index (χ3v) is 5.70. The summed E-state index contributed by atoms with van der Waals surface area (Å²) in [6.45, 7) is 2.30. The number of aromatic nitrogens is 1. The van der Waals surface area contributed by atoms with E-state index in [2.05, 4.69) is 15.6 Å². The lowest BCUT2D eigenvalue weighted by molar-refractivity contribution is -0.137. The van der Waals surface area contributed by atoms with Crippen LogP contribution in [0.3, 0.4) is 0 Å². The Balaban J connectivity index is 1.27. The smallest absolute Gasteiger partial charge is 0.416 e. The van der Waals surface area contributed by atoms with Crippen LogP contribution in [0.25, 0.3) is 0 Å². The quantitative estimate of drug-likeness (QED) is 0.531. The SMILES string of the molecule is COc1ccc(C(=O)N2CCN(c3ccc(NC(=O)Nc4ccc(C(F)(F)F)cc4)cn3)CC2)cc1. The van der Waals surface area contributed by atoms with Crippen molar-refractivity contribution >= 4 is 29.1 Å². The number of piperazine rings is 1. The molecule has 0 radical (unpaired) electrons. The zero-order valence-corrected chi connectivity index (χ0v) is 19.4. The molecular formula is C25H24F3N5O3. The molecule has 2 heterocycles. The van der Waals surface area contributed by atoms with Crippen molar-refractivity contribution in [2.24, 2.45) is 0 Å². The van der Waals surface area contributed by atoms with Crippen LogP contribution in [0.4, 0.5) is 35.2 Å². The number of carbonyl (C=O) groups is 2. The van der Waals surface area contributed by atoms with E-state index in [1.807, 2.05) is 4.90 Å². The number of methoxy groups -OCH3 is 1. The number of amides is 3. The fourth-order valence-electron chi connectivity index (χ4n) is 3.74. The lowest BCUT2D eigenvalue weighted by atomic mass is 10.1. The Morgan fingerprint density at radius 2 is 1.47 bits per heavy atom. The molecule has 0 aliphatic carbocycles. The van der Waals surface area contributed by atoms with E-state index in [0.717, 1.165) is 12.1 Å². The van der Waals surface area contributed by atoms with E-state index in [1.165, 1.54) is 18.3 Å². The maximum absolute atomic E-state index is 12.7. The molecule has 0 bridgehead atoms. The second-order valence-electron chi connectivity index (χ2n) is 8.07. The number of alkyl halides is 3. The van der Waals surface area contributed by atoms with Crippen LogP contribution in [-0.4, -0.2) is 55.1 Å². The zero-order valence-electron chi connectivity index (χ0n) is 19.4. The monoisotopic (exact) mass is 499 g/mol. The van der Waals surface area contributed by atoms with Gasteiger partial charge in [-0.1, -0.05) is 0 Å². The minimum Gasteiger partial charge on any atom is -0.497 e. The van der Waals surface area contributed by atoms with Gasteiger partial charge in [-0.05, 0) is 60.7 Å². The predicted octanol–water partition coefficient (Wildman–Crippen LogP) is 4.72. The lowest BCUT2D eigenvalue weighted by Crippen LogP contribution is -2.49. The Morgan fingerprint density at radius 3 is 2.03 bits per heavy atom. The molecule has 11 heteroatoms. The summed E-state index contributed by atoms with van der Waals surface area (Å²) < 4.78 is 43.1. The Bertz CT molecular complexity index is 1190. The molecule has 3 amide bonds. The largest absolute Gasteiger partial charge is 0.497 e. The van der Waals surface area contributed by atoms with Crippen molar-refractivity contribution in [3.63, 3.8) is 0 Å². The Labute approximate surface area is 205 Å². The van der Waals surface area contributed by atoms with E-state index >= 15 is 0 Å². The summed E-state index contributed by atoms with van der Waals surface area (Å²) in [7, 11) is 1.57. The molecule has 0 saturated carbocycles. The number of urea groups is 1. The van der Waals surface area contributed by atoms with Crippen molar-refractivity contribution in [1.82, 2.24) is 9.88 Å². The van der Waals surface area contributed by atoms with Gasteiger partial charge in [0.25, 0.3) is 5.91 Å². The summed E-state index contributed by atoms with van der Waals surface area (Å²) in [6.07, 6.45) is -2.94. The highest BCUT2D eigenvalue weighted by Gasteiger charge is 2.30. The highest BCUT2D eigenvalue weighted by Crippen LogP contribution is 2.29. The molecule has 1 fully saturated rings. The number of hydrogen-bond acceptors (Lipinski definition) is 5. The van der Waals surface area contributed by atoms with E-state index in [9.17, 15) is 22.8 Å². The molecular weight excluding hydrogens is 475 g/mol. The minimum absolute atomic E-state index is 0.0381. The van der Waals surface area contributed by atoms with Gasteiger partial charge in [-0.3, -0.25) is 4.79 Å². The zero-order chi connectivity index (χ0) is 25.7. The normalized spacial score (nSPS) is 13.8. The van der Waals surface area contributed by atoms with E-state index in [1.54, 1.807) is 48.4 Å². The first-order chi connectivity index (χ1) is 17.2. The van der Waals surface area contributed by atoms with Gasteiger partial charge in [0.2, 0.25) is 0 Å². The average Bonchev–Trinajstić information content (AvgIpc) is 2.88. The molecule has 1 aromatic heterocycles. The van der Waals surface area contributed by atoms with Gasteiger partial charge in [0, 0.05) is 37.4 Å². The standard InChI is InChI=1S/C25H24F3N5O3/c1-36-21-9-2-17(3-10-21)23(34)33-14-12-32(13-15-33)22-11-8-20(16-29-22)31-24(35)30-19-6-4-18(5-7-19)25(26,27)28/h2-11,16H,12-15H2,1H3,(H2,30,31,35). The Kier molecular flexibility index (Phi) is 7.28. The number of nitrogens with zero attached hydrogens (tertiary/aromatic N) is 3. The summed E-state index contributed by atoms with van der Waals surface area (Å²) in [5, 5.41) is 5.08. The van der Waals surface area contributed by atoms with E-state index in [4.69, 9.17) is 4.74 Å². The highest BCUT2D eigenvalue weighted by molar-refractivity contribution is 5.99. The summed E-state index contributed by atoms with van der Waals surface area (Å²) in [4.78, 5) is 33.1. The molecule has 1 aliphatic heterocycles. The summed E-state index contributed by atoms with van der Waals surface area (Å²) in [5.74, 6) is 1.36. The number of rotatable bonds is 5. The predicted molar refractivity (Wildman–Crippen MR) is 129 cm³/mol. The van der Waals surface area contributed by atoms with Gasteiger partial charge in [-0.25, -0.2) is 9.78 Å². The van der Waals surface area contributed by atoms with Crippen LogP contribution in [0.1, 0.15) is 15.9 Å². The lowest BCUT2D eigenvalue weighted by Gasteiger charge is -2.35. The van der Waals surface area contributed by atoms with Gasteiger partial charge >= 0.3 is 12.2 Å². The van der Waals surface area contributed by atoms with E-state index in [-0.39, 0.29) is 11.6 Å². The molecule has 8 nitrogen and oxygen atoms in total. The first kappa shape index (κ1) is 24.8. The molecule has 4 rings (SSSR count). The number of carbonyl (C=O) groups excluding carboxylic acids is 2. The molecule has 3 aromatic rings. The Morgan fingerprint density at radius 1 is 0.861 bits per heavy atom. The maximum Gasteiger partial charge on any atom is 0.416 e. The molecule has 188 valence electrons. The summed E-state index contributed by atoms with van der Waals surface area (Å²) >= 11 is 0. The van der Waals surface area contributed by atoms with Crippen molar-refractivity contribution in [3.8, 4) is 5.75 Å². The number of nitrogens with one attached hydrogen (secondary N) is 2. The van der Waals surface area contributed by atoms with Crippen LogP contribution in [0, 0.1) is 0 Å². The van der Waals surface area contributed by atoms with Crippen molar-refractivity contribution in [3.05, 3.63) is 78.0 Å². The van der Waals surface area contributed by atoms with Gasteiger partial charge in [0.05, 0.1) is 24.6 Å². The van der Waals surface area contributed by atoms with E-state index in [0.29, 0.717) is 49.0 Å². The van der Waals surface area contributed by atoms with Crippen molar-refractivity contribution in [2.45, 2.75) is 6.18 Å². The topological polar surface area (TPSA) is 86.8 Å². The number of ether oxygens (including phenoxy) is 1. The van der Waals surface area contributed by atoms with E-state index < -0.39 is 17.8 Å². The van der Waals surface area contributed by atoms with Crippen molar-refractivity contribution < 1.29 is 27.5 Å². The fraction of sp³-hybridized carbons (Fsp3) is 0.240. The maximum atomic E-state index is 12.7. The van der Waals surface area contributed by atoms with Crippen molar-refractivity contribution in [1.29, 1.82) is 0 Å².